The lowest BCUT2D eigenvalue weighted by Crippen LogP contribution is -2.05. The Morgan fingerprint density at radius 3 is 2.57 bits per heavy atom. The molecule has 0 saturated heterocycles. The fraction of sp³-hybridized carbons (Fsp3) is 0.0625. The molecule has 1 heterocycles. The summed E-state index contributed by atoms with van der Waals surface area (Å²) < 4.78 is 27.5. The number of aromatic amines is 1. The van der Waals surface area contributed by atoms with Crippen LogP contribution in [-0.2, 0) is 6.54 Å². The highest BCUT2D eigenvalue weighted by molar-refractivity contribution is 5.82. The normalized spacial score (nSPS) is 10.5. The second kappa shape index (κ2) is 5.25. The molecule has 3 rings (SSSR count). The van der Waals surface area contributed by atoms with Crippen molar-refractivity contribution in [2.24, 2.45) is 0 Å². The molecule has 3 aromatic rings. The van der Waals surface area contributed by atoms with Crippen LogP contribution in [0, 0.1) is 23.0 Å². The summed E-state index contributed by atoms with van der Waals surface area (Å²) in [6.07, 6.45) is 1.83. The first-order valence-electron chi connectivity index (χ1n) is 6.36. The molecule has 0 aliphatic heterocycles. The number of hydrogen-bond acceptors (Lipinski definition) is 2. The standard InChI is InChI=1S/C16H11F2N3/c17-14-5-10(8-19)6-15(18)13(14)9-21-12-1-2-16-11(7-12)3-4-20-16/h1-7,20-21H,9H2. The van der Waals surface area contributed by atoms with Crippen LogP contribution in [0.3, 0.4) is 0 Å². The molecule has 104 valence electrons. The van der Waals surface area contributed by atoms with Gasteiger partial charge < -0.3 is 10.3 Å². The van der Waals surface area contributed by atoms with Crippen LogP contribution < -0.4 is 5.32 Å². The van der Waals surface area contributed by atoms with Crippen molar-refractivity contribution in [1.82, 2.24) is 4.98 Å². The Bertz CT molecular complexity index is 823. The zero-order chi connectivity index (χ0) is 14.8. The van der Waals surface area contributed by atoms with Gasteiger partial charge in [0.05, 0.1) is 11.6 Å². The van der Waals surface area contributed by atoms with Gasteiger partial charge in [-0.2, -0.15) is 5.26 Å². The molecule has 0 aliphatic rings. The molecular formula is C16H11F2N3. The minimum Gasteiger partial charge on any atom is -0.381 e. The summed E-state index contributed by atoms with van der Waals surface area (Å²) in [5, 5.41) is 12.7. The molecule has 1 aromatic heterocycles. The molecule has 21 heavy (non-hydrogen) atoms. The van der Waals surface area contributed by atoms with Gasteiger partial charge in [0, 0.05) is 34.9 Å². The van der Waals surface area contributed by atoms with E-state index in [9.17, 15) is 8.78 Å². The summed E-state index contributed by atoms with van der Waals surface area (Å²) >= 11 is 0. The Labute approximate surface area is 119 Å². The Balaban J connectivity index is 1.83. The van der Waals surface area contributed by atoms with Gasteiger partial charge in [0.1, 0.15) is 11.6 Å². The van der Waals surface area contributed by atoms with E-state index in [-0.39, 0.29) is 17.7 Å². The Morgan fingerprint density at radius 1 is 1.10 bits per heavy atom. The van der Waals surface area contributed by atoms with Crippen molar-refractivity contribution in [3.63, 3.8) is 0 Å². The molecule has 2 N–H and O–H groups in total. The molecule has 2 aromatic carbocycles. The van der Waals surface area contributed by atoms with Gasteiger partial charge in [0.25, 0.3) is 0 Å². The van der Waals surface area contributed by atoms with Gasteiger partial charge >= 0.3 is 0 Å². The predicted octanol–water partition coefficient (Wildman–Crippen LogP) is 3.93. The summed E-state index contributed by atoms with van der Waals surface area (Å²) in [5.41, 5.74) is 1.66. The largest absolute Gasteiger partial charge is 0.381 e. The number of aromatic nitrogens is 1. The fourth-order valence-corrected chi connectivity index (χ4v) is 2.19. The third-order valence-electron chi connectivity index (χ3n) is 3.29. The number of nitrogens with zero attached hydrogens (tertiary/aromatic N) is 1. The Hall–Kier alpha value is -2.87. The van der Waals surface area contributed by atoms with E-state index in [1.807, 2.05) is 30.5 Å². The van der Waals surface area contributed by atoms with Crippen LogP contribution in [0.15, 0.2) is 42.6 Å². The van der Waals surface area contributed by atoms with E-state index in [4.69, 9.17) is 5.26 Å². The van der Waals surface area contributed by atoms with Crippen LogP contribution in [0.5, 0.6) is 0 Å². The molecule has 0 amide bonds. The van der Waals surface area contributed by atoms with Crippen LogP contribution in [0.4, 0.5) is 14.5 Å². The average molecular weight is 283 g/mol. The van der Waals surface area contributed by atoms with Gasteiger partial charge in [0.15, 0.2) is 0 Å². The molecule has 3 nitrogen and oxygen atoms in total. The quantitative estimate of drug-likeness (QED) is 0.765. The third kappa shape index (κ3) is 2.56. The highest BCUT2D eigenvalue weighted by Crippen LogP contribution is 2.20. The topological polar surface area (TPSA) is 51.6 Å². The highest BCUT2D eigenvalue weighted by atomic mass is 19.1. The maximum Gasteiger partial charge on any atom is 0.132 e. The molecule has 0 fully saturated rings. The molecule has 0 radical (unpaired) electrons. The second-order valence-electron chi connectivity index (χ2n) is 4.66. The second-order valence-corrected chi connectivity index (χ2v) is 4.66. The maximum atomic E-state index is 13.8. The van der Waals surface area contributed by atoms with Gasteiger partial charge in [-0.1, -0.05) is 0 Å². The number of halogens is 2. The molecular weight excluding hydrogens is 272 g/mol. The van der Waals surface area contributed by atoms with Gasteiger partial charge in [-0.3, -0.25) is 0 Å². The molecule has 0 aliphatic carbocycles. The number of H-pyrrole nitrogens is 1. The van der Waals surface area contributed by atoms with E-state index < -0.39 is 11.6 Å². The zero-order valence-electron chi connectivity index (χ0n) is 11.0. The van der Waals surface area contributed by atoms with Crippen molar-refractivity contribution in [1.29, 1.82) is 5.26 Å². The molecule has 0 atom stereocenters. The van der Waals surface area contributed by atoms with Crippen LogP contribution in [0.1, 0.15) is 11.1 Å². The average Bonchev–Trinajstić information content (AvgIpc) is 2.93. The van der Waals surface area contributed by atoms with E-state index in [0.717, 1.165) is 28.7 Å². The van der Waals surface area contributed by atoms with E-state index in [1.165, 1.54) is 0 Å². The Morgan fingerprint density at radius 2 is 1.86 bits per heavy atom. The summed E-state index contributed by atoms with van der Waals surface area (Å²) in [7, 11) is 0. The summed E-state index contributed by atoms with van der Waals surface area (Å²) in [6, 6.07) is 11.3. The van der Waals surface area contributed by atoms with E-state index in [2.05, 4.69) is 10.3 Å². The SMILES string of the molecule is N#Cc1cc(F)c(CNc2ccc3[nH]ccc3c2)c(F)c1. The van der Waals surface area contributed by atoms with Crippen molar-refractivity contribution in [2.45, 2.75) is 6.54 Å². The van der Waals surface area contributed by atoms with Crippen LogP contribution in [-0.4, -0.2) is 4.98 Å². The maximum absolute atomic E-state index is 13.8. The van der Waals surface area contributed by atoms with Gasteiger partial charge in [0.2, 0.25) is 0 Å². The van der Waals surface area contributed by atoms with Crippen molar-refractivity contribution >= 4 is 16.6 Å². The first kappa shape index (κ1) is 13.1. The van der Waals surface area contributed by atoms with Crippen LogP contribution in [0.25, 0.3) is 10.9 Å². The van der Waals surface area contributed by atoms with Crippen molar-refractivity contribution < 1.29 is 8.78 Å². The molecule has 0 bridgehead atoms. The smallest absolute Gasteiger partial charge is 0.132 e. The minimum atomic E-state index is -0.721. The van der Waals surface area contributed by atoms with Crippen molar-refractivity contribution in [2.75, 3.05) is 5.32 Å². The van der Waals surface area contributed by atoms with Gasteiger partial charge in [-0.05, 0) is 36.4 Å². The van der Waals surface area contributed by atoms with Gasteiger partial charge in [-0.15, -0.1) is 0 Å². The number of fused-ring (bicyclic) bond motifs is 1. The number of rotatable bonds is 3. The minimum absolute atomic E-state index is 0.0132. The lowest BCUT2D eigenvalue weighted by Gasteiger charge is -2.09. The monoisotopic (exact) mass is 283 g/mol. The Kier molecular flexibility index (Phi) is 3.28. The number of nitriles is 1. The summed E-state index contributed by atoms with van der Waals surface area (Å²) in [4.78, 5) is 3.07. The summed E-state index contributed by atoms with van der Waals surface area (Å²) in [6.45, 7) is 0.0132. The summed E-state index contributed by atoms with van der Waals surface area (Å²) in [5.74, 6) is -1.44. The number of nitrogens with one attached hydrogen (secondary N) is 2. The highest BCUT2D eigenvalue weighted by Gasteiger charge is 2.11. The number of hydrogen-bond donors (Lipinski definition) is 2. The number of benzene rings is 2. The lowest BCUT2D eigenvalue weighted by molar-refractivity contribution is 0.559. The van der Waals surface area contributed by atoms with E-state index in [0.29, 0.717) is 0 Å². The number of anilines is 1. The van der Waals surface area contributed by atoms with Crippen molar-refractivity contribution in [3.8, 4) is 6.07 Å². The van der Waals surface area contributed by atoms with E-state index in [1.54, 1.807) is 6.07 Å². The third-order valence-corrected chi connectivity index (χ3v) is 3.29. The molecule has 5 heteroatoms. The van der Waals surface area contributed by atoms with E-state index >= 15 is 0 Å². The van der Waals surface area contributed by atoms with Gasteiger partial charge in [-0.25, -0.2) is 8.78 Å². The molecule has 0 saturated carbocycles. The van der Waals surface area contributed by atoms with Crippen molar-refractivity contribution in [3.05, 3.63) is 65.4 Å². The fourth-order valence-electron chi connectivity index (χ4n) is 2.19. The lowest BCUT2D eigenvalue weighted by atomic mass is 10.1. The predicted molar refractivity (Wildman–Crippen MR) is 76.7 cm³/mol. The van der Waals surface area contributed by atoms with Crippen LogP contribution in [0.2, 0.25) is 0 Å². The van der Waals surface area contributed by atoms with Crippen LogP contribution >= 0.6 is 0 Å². The first-order chi connectivity index (χ1) is 10.2. The zero-order valence-corrected chi connectivity index (χ0v) is 11.0. The molecule has 0 spiro atoms. The first-order valence-corrected chi connectivity index (χ1v) is 6.36. The molecule has 0 unspecified atom stereocenters.